The lowest BCUT2D eigenvalue weighted by Crippen LogP contribution is -2.37. The van der Waals surface area contributed by atoms with Gasteiger partial charge in [-0.1, -0.05) is 0 Å². The molecule has 5 nitrogen and oxygen atoms in total. The highest BCUT2D eigenvalue weighted by Crippen LogP contribution is 2.21. The standard InChI is InChI=1S/C17H16O5/c1-17(2,16(20)21)22-14-9-5-12(6-10-14)15(19)11-3-7-13(18)8-4-11/h3-10,18H,1-2H3,(H,20,21). The minimum absolute atomic E-state index is 0.0937. The van der Waals surface area contributed by atoms with Crippen LogP contribution in [0.15, 0.2) is 48.5 Å². The number of hydrogen-bond donors (Lipinski definition) is 2. The molecule has 0 saturated carbocycles. The van der Waals surface area contributed by atoms with Gasteiger partial charge in [0.05, 0.1) is 0 Å². The van der Waals surface area contributed by atoms with Crippen molar-refractivity contribution < 1.29 is 24.5 Å². The molecule has 5 heteroatoms. The molecule has 2 N–H and O–H groups in total. The van der Waals surface area contributed by atoms with Gasteiger partial charge in [-0.05, 0) is 62.4 Å². The number of aliphatic carboxylic acids is 1. The predicted octanol–water partition coefficient (Wildman–Crippen LogP) is 2.87. The summed E-state index contributed by atoms with van der Waals surface area (Å²) in [5.41, 5.74) is -0.439. The molecule has 0 radical (unpaired) electrons. The summed E-state index contributed by atoms with van der Waals surface area (Å²) in [6, 6.07) is 12.2. The number of carbonyl (C=O) groups is 2. The second-order valence-corrected chi connectivity index (χ2v) is 5.32. The Kier molecular flexibility index (Phi) is 4.17. The molecule has 0 spiro atoms. The van der Waals surface area contributed by atoms with Crippen molar-refractivity contribution in [2.45, 2.75) is 19.4 Å². The third kappa shape index (κ3) is 3.44. The monoisotopic (exact) mass is 300 g/mol. The Balaban J connectivity index is 2.16. The molecule has 0 saturated heterocycles. The van der Waals surface area contributed by atoms with Crippen molar-refractivity contribution in [3.8, 4) is 11.5 Å². The molecule has 0 fully saturated rings. The Labute approximate surface area is 127 Å². The Hall–Kier alpha value is -2.82. The van der Waals surface area contributed by atoms with Gasteiger partial charge in [0.25, 0.3) is 0 Å². The molecule has 0 amide bonds. The molecule has 0 bridgehead atoms. The molecule has 22 heavy (non-hydrogen) atoms. The second-order valence-electron chi connectivity index (χ2n) is 5.32. The third-order valence-corrected chi connectivity index (χ3v) is 3.13. The zero-order chi connectivity index (χ0) is 16.3. The first kappa shape index (κ1) is 15.6. The fourth-order valence-corrected chi connectivity index (χ4v) is 1.79. The molecule has 0 aromatic heterocycles. The van der Waals surface area contributed by atoms with E-state index in [1.165, 1.54) is 38.1 Å². The van der Waals surface area contributed by atoms with Gasteiger partial charge in [-0.3, -0.25) is 4.79 Å². The smallest absolute Gasteiger partial charge is 0.347 e. The number of aromatic hydroxyl groups is 1. The van der Waals surface area contributed by atoms with Crippen molar-refractivity contribution in [1.82, 2.24) is 0 Å². The summed E-state index contributed by atoms with van der Waals surface area (Å²) in [5, 5.41) is 18.2. The molecular weight excluding hydrogens is 284 g/mol. The first-order chi connectivity index (χ1) is 10.3. The molecule has 0 aliphatic heterocycles. The van der Waals surface area contributed by atoms with Crippen LogP contribution in [-0.4, -0.2) is 27.6 Å². The molecule has 0 atom stereocenters. The number of phenolic OH excluding ortho intramolecular Hbond substituents is 1. The van der Waals surface area contributed by atoms with Crippen LogP contribution in [0.25, 0.3) is 0 Å². The maximum atomic E-state index is 12.2. The van der Waals surface area contributed by atoms with Crippen LogP contribution in [0.3, 0.4) is 0 Å². The average molecular weight is 300 g/mol. The van der Waals surface area contributed by atoms with Crippen molar-refractivity contribution in [3.63, 3.8) is 0 Å². The lowest BCUT2D eigenvalue weighted by molar-refractivity contribution is -0.152. The van der Waals surface area contributed by atoms with Crippen LogP contribution in [0.2, 0.25) is 0 Å². The quantitative estimate of drug-likeness (QED) is 0.829. The summed E-state index contributed by atoms with van der Waals surface area (Å²) in [4.78, 5) is 23.3. The van der Waals surface area contributed by atoms with Crippen LogP contribution >= 0.6 is 0 Å². The number of phenols is 1. The SMILES string of the molecule is CC(C)(Oc1ccc(C(=O)c2ccc(O)cc2)cc1)C(=O)O. The van der Waals surface area contributed by atoms with Crippen LogP contribution in [0.1, 0.15) is 29.8 Å². The van der Waals surface area contributed by atoms with E-state index in [0.717, 1.165) is 0 Å². The van der Waals surface area contributed by atoms with Crippen molar-refractivity contribution in [1.29, 1.82) is 0 Å². The van der Waals surface area contributed by atoms with Gasteiger partial charge in [0.2, 0.25) is 0 Å². The maximum absolute atomic E-state index is 12.2. The average Bonchev–Trinajstić information content (AvgIpc) is 2.47. The van der Waals surface area contributed by atoms with Gasteiger partial charge in [-0.15, -0.1) is 0 Å². The number of benzene rings is 2. The first-order valence-corrected chi connectivity index (χ1v) is 6.66. The number of ketones is 1. The van der Waals surface area contributed by atoms with E-state index in [0.29, 0.717) is 16.9 Å². The molecular formula is C17H16O5. The van der Waals surface area contributed by atoms with Gasteiger partial charge in [0, 0.05) is 11.1 Å². The van der Waals surface area contributed by atoms with Gasteiger partial charge in [-0.2, -0.15) is 0 Å². The molecule has 0 aliphatic rings. The minimum Gasteiger partial charge on any atom is -0.508 e. The molecule has 114 valence electrons. The van der Waals surface area contributed by atoms with Crippen molar-refractivity contribution in [3.05, 3.63) is 59.7 Å². The Morgan fingerprint density at radius 2 is 1.36 bits per heavy atom. The summed E-state index contributed by atoms with van der Waals surface area (Å²) >= 11 is 0. The zero-order valence-corrected chi connectivity index (χ0v) is 12.2. The molecule has 2 rings (SSSR count). The van der Waals surface area contributed by atoms with Gasteiger partial charge in [-0.25, -0.2) is 4.79 Å². The van der Waals surface area contributed by atoms with E-state index in [4.69, 9.17) is 9.84 Å². The fraction of sp³-hybridized carbons (Fsp3) is 0.176. The van der Waals surface area contributed by atoms with Crippen molar-refractivity contribution in [2.24, 2.45) is 0 Å². The van der Waals surface area contributed by atoms with E-state index in [1.807, 2.05) is 0 Å². The molecule has 2 aromatic carbocycles. The maximum Gasteiger partial charge on any atom is 0.347 e. The Morgan fingerprint density at radius 3 is 1.82 bits per heavy atom. The third-order valence-electron chi connectivity index (χ3n) is 3.13. The number of carboxylic acids is 1. The molecule has 2 aromatic rings. The fourth-order valence-electron chi connectivity index (χ4n) is 1.79. The first-order valence-electron chi connectivity index (χ1n) is 6.66. The zero-order valence-electron chi connectivity index (χ0n) is 12.2. The van der Waals surface area contributed by atoms with Gasteiger partial charge in [0.1, 0.15) is 11.5 Å². The molecule has 0 unspecified atom stereocenters. The molecule has 0 aliphatic carbocycles. The van der Waals surface area contributed by atoms with Crippen LogP contribution in [0.4, 0.5) is 0 Å². The largest absolute Gasteiger partial charge is 0.508 e. The van der Waals surface area contributed by atoms with E-state index in [1.54, 1.807) is 24.3 Å². The second kappa shape index (κ2) is 5.89. The van der Waals surface area contributed by atoms with Gasteiger partial charge >= 0.3 is 5.97 Å². The summed E-state index contributed by atoms with van der Waals surface area (Å²) in [5.74, 6) is -0.799. The van der Waals surface area contributed by atoms with E-state index >= 15 is 0 Å². The van der Waals surface area contributed by atoms with Crippen LogP contribution in [0.5, 0.6) is 11.5 Å². The number of ether oxygens (including phenoxy) is 1. The van der Waals surface area contributed by atoms with Crippen LogP contribution in [-0.2, 0) is 4.79 Å². The van der Waals surface area contributed by atoms with Gasteiger partial charge in [0.15, 0.2) is 11.4 Å². The van der Waals surface area contributed by atoms with E-state index < -0.39 is 11.6 Å². The number of hydrogen-bond acceptors (Lipinski definition) is 4. The van der Waals surface area contributed by atoms with Crippen molar-refractivity contribution >= 4 is 11.8 Å². The number of carbonyl (C=O) groups excluding carboxylic acids is 1. The van der Waals surface area contributed by atoms with Crippen LogP contribution < -0.4 is 4.74 Å². The van der Waals surface area contributed by atoms with E-state index in [-0.39, 0.29) is 11.5 Å². The van der Waals surface area contributed by atoms with Gasteiger partial charge < -0.3 is 14.9 Å². The molecule has 0 heterocycles. The lowest BCUT2D eigenvalue weighted by Gasteiger charge is -2.21. The summed E-state index contributed by atoms with van der Waals surface area (Å²) < 4.78 is 5.38. The lowest BCUT2D eigenvalue weighted by atomic mass is 10.0. The predicted molar refractivity (Wildman–Crippen MR) is 80.3 cm³/mol. The van der Waals surface area contributed by atoms with Crippen LogP contribution in [0, 0.1) is 0 Å². The van der Waals surface area contributed by atoms with Crippen molar-refractivity contribution in [2.75, 3.05) is 0 Å². The number of carboxylic acid groups (broad SMARTS) is 1. The van der Waals surface area contributed by atoms with E-state index in [2.05, 4.69) is 0 Å². The summed E-state index contributed by atoms with van der Waals surface area (Å²) in [6.45, 7) is 2.90. The Morgan fingerprint density at radius 1 is 0.909 bits per heavy atom. The Bertz CT molecular complexity index is 684. The summed E-state index contributed by atoms with van der Waals surface area (Å²) in [6.07, 6.45) is 0. The highest BCUT2D eigenvalue weighted by Gasteiger charge is 2.29. The topological polar surface area (TPSA) is 83.8 Å². The summed E-state index contributed by atoms with van der Waals surface area (Å²) in [7, 11) is 0. The minimum atomic E-state index is -1.34. The van der Waals surface area contributed by atoms with E-state index in [9.17, 15) is 14.7 Å². The normalized spacial score (nSPS) is 11.0. The number of rotatable bonds is 5. The highest BCUT2D eigenvalue weighted by molar-refractivity contribution is 6.09. The highest BCUT2D eigenvalue weighted by atomic mass is 16.5.